The third kappa shape index (κ3) is 3.55. The lowest BCUT2D eigenvalue weighted by molar-refractivity contribution is 0.300. The molecule has 0 unspecified atom stereocenters. The van der Waals surface area contributed by atoms with E-state index in [0.717, 1.165) is 30.3 Å². The molecular formula is C22H22ClN5O2. The average Bonchev–Trinajstić information content (AvgIpc) is 3.33. The Labute approximate surface area is 179 Å². The molecule has 5 rings (SSSR count). The lowest BCUT2D eigenvalue weighted by Gasteiger charge is -2.22. The van der Waals surface area contributed by atoms with Crippen molar-refractivity contribution in [3.8, 4) is 11.4 Å². The molecule has 7 nitrogen and oxygen atoms in total. The predicted molar refractivity (Wildman–Crippen MR) is 116 cm³/mol. The Balaban J connectivity index is 1.26. The van der Waals surface area contributed by atoms with E-state index >= 15 is 0 Å². The predicted octanol–water partition coefficient (Wildman–Crippen LogP) is 2.66. The summed E-state index contributed by atoms with van der Waals surface area (Å²) in [5, 5.41) is 4.02. The first-order chi connectivity index (χ1) is 14.6. The van der Waals surface area contributed by atoms with Gasteiger partial charge in [-0.2, -0.15) is 0 Å². The molecule has 1 saturated carbocycles. The average molecular weight is 424 g/mol. The molecule has 2 fully saturated rings. The van der Waals surface area contributed by atoms with E-state index in [4.69, 9.17) is 16.3 Å². The number of rotatable bonds is 6. The summed E-state index contributed by atoms with van der Waals surface area (Å²) in [4.78, 5) is 23.6. The number of aromatic nitrogens is 3. The quantitative estimate of drug-likeness (QED) is 0.657. The molecule has 2 aliphatic rings. The van der Waals surface area contributed by atoms with Gasteiger partial charge in [0, 0.05) is 37.1 Å². The van der Waals surface area contributed by atoms with Crippen molar-refractivity contribution >= 4 is 17.4 Å². The van der Waals surface area contributed by atoms with Gasteiger partial charge in [0.05, 0.1) is 22.6 Å². The Morgan fingerprint density at radius 2 is 2.13 bits per heavy atom. The summed E-state index contributed by atoms with van der Waals surface area (Å²) in [7, 11) is 2.03. The van der Waals surface area contributed by atoms with Crippen LogP contribution in [0.5, 0.6) is 5.75 Å². The SMILES string of the molecule is CN[C@@]12C[C@@H]1CN(c1ccc(-n3ccc(OCc4ccc(Cl)cn4)cc3=O)cn1)C2. The summed E-state index contributed by atoms with van der Waals surface area (Å²) in [5.74, 6) is 2.15. The highest BCUT2D eigenvalue weighted by Gasteiger charge is 2.59. The van der Waals surface area contributed by atoms with Crippen LogP contribution in [0.4, 0.5) is 5.82 Å². The Morgan fingerprint density at radius 3 is 2.80 bits per heavy atom. The van der Waals surface area contributed by atoms with Gasteiger partial charge in [-0.05, 0) is 49.7 Å². The molecule has 0 amide bonds. The highest BCUT2D eigenvalue weighted by Crippen LogP contribution is 2.49. The van der Waals surface area contributed by atoms with Crippen molar-refractivity contribution in [2.24, 2.45) is 5.92 Å². The molecule has 1 aliphatic carbocycles. The van der Waals surface area contributed by atoms with Crippen molar-refractivity contribution in [3.05, 3.63) is 76.1 Å². The van der Waals surface area contributed by atoms with E-state index in [0.29, 0.717) is 16.7 Å². The first-order valence-corrected chi connectivity index (χ1v) is 10.3. The largest absolute Gasteiger partial charge is 0.487 e. The molecule has 8 heteroatoms. The summed E-state index contributed by atoms with van der Waals surface area (Å²) in [6.07, 6.45) is 6.25. The second-order valence-corrected chi connectivity index (χ2v) is 8.33. The second-order valence-electron chi connectivity index (χ2n) is 7.89. The van der Waals surface area contributed by atoms with Gasteiger partial charge >= 0.3 is 0 Å². The highest BCUT2D eigenvalue weighted by atomic mass is 35.5. The van der Waals surface area contributed by atoms with Crippen molar-refractivity contribution in [2.45, 2.75) is 18.6 Å². The number of nitrogens with one attached hydrogen (secondary N) is 1. The molecule has 2 atom stereocenters. The molecule has 3 aromatic heterocycles. The number of hydrogen-bond acceptors (Lipinski definition) is 6. The molecular weight excluding hydrogens is 402 g/mol. The molecule has 1 N–H and O–H groups in total. The van der Waals surface area contributed by atoms with Crippen LogP contribution in [-0.2, 0) is 6.61 Å². The van der Waals surface area contributed by atoms with Gasteiger partial charge in [0.15, 0.2) is 0 Å². The number of pyridine rings is 3. The zero-order valence-corrected chi connectivity index (χ0v) is 17.3. The van der Waals surface area contributed by atoms with Gasteiger partial charge in [-0.3, -0.25) is 14.3 Å². The van der Waals surface area contributed by atoms with Crippen LogP contribution in [0.1, 0.15) is 12.1 Å². The van der Waals surface area contributed by atoms with Gasteiger partial charge in [0.2, 0.25) is 0 Å². The highest BCUT2D eigenvalue weighted by molar-refractivity contribution is 6.30. The van der Waals surface area contributed by atoms with Gasteiger partial charge in [-0.1, -0.05) is 11.6 Å². The van der Waals surface area contributed by atoms with Crippen molar-refractivity contribution in [3.63, 3.8) is 0 Å². The van der Waals surface area contributed by atoms with Gasteiger partial charge in [0.1, 0.15) is 18.2 Å². The molecule has 4 heterocycles. The molecule has 30 heavy (non-hydrogen) atoms. The van der Waals surface area contributed by atoms with E-state index in [1.54, 1.807) is 41.4 Å². The number of nitrogens with zero attached hydrogens (tertiary/aromatic N) is 4. The smallest absolute Gasteiger partial charge is 0.258 e. The maximum atomic E-state index is 12.6. The molecule has 0 radical (unpaired) electrons. The Bertz CT molecular complexity index is 1110. The number of anilines is 1. The maximum absolute atomic E-state index is 12.6. The molecule has 0 bridgehead atoms. The third-order valence-electron chi connectivity index (χ3n) is 6.04. The van der Waals surface area contributed by atoms with Crippen LogP contribution in [0.3, 0.4) is 0 Å². The summed E-state index contributed by atoms with van der Waals surface area (Å²) < 4.78 is 7.23. The zero-order valence-electron chi connectivity index (χ0n) is 16.6. The van der Waals surface area contributed by atoms with Gasteiger partial charge in [-0.25, -0.2) is 4.98 Å². The zero-order chi connectivity index (χ0) is 20.7. The summed E-state index contributed by atoms with van der Waals surface area (Å²) in [6, 6.07) is 10.7. The molecule has 154 valence electrons. The van der Waals surface area contributed by atoms with Crippen LogP contribution in [0.15, 0.2) is 59.8 Å². The van der Waals surface area contributed by atoms with Crippen molar-refractivity contribution in [1.29, 1.82) is 0 Å². The lowest BCUT2D eigenvalue weighted by atomic mass is 10.2. The Hall–Kier alpha value is -2.90. The number of halogens is 1. The maximum Gasteiger partial charge on any atom is 0.258 e. The van der Waals surface area contributed by atoms with Crippen molar-refractivity contribution < 1.29 is 4.74 Å². The first-order valence-electron chi connectivity index (χ1n) is 9.92. The minimum atomic E-state index is -0.178. The first kappa shape index (κ1) is 19.1. The Kier molecular flexibility index (Phi) is 4.72. The number of hydrogen-bond donors (Lipinski definition) is 1. The van der Waals surface area contributed by atoms with Crippen LogP contribution >= 0.6 is 11.6 Å². The third-order valence-corrected chi connectivity index (χ3v) is 6.27. The molecule has 3 aromatic rings. The van der Waals surface area contributed by atoms with Crippen LogP contribution in [-0.4, -0.2) is 40.2 Å². The summed E-state index contributed by atoms with van der Waals surface area (Å²) in [5.41, 5.74) is 1.56. The fourth-order valence-corrected chi connectivity index (χ4v) is 4.28. The van der Waals surface area contributed by atoms with Crippen LogP contribution in [0.2, 0.25) is 5.02 Å². The number of likely N-dealkylation sites (N-methyl/N-ethyl adjacent to an activating group) is 1. The number of ether oxygens (including phenoxy) is 1. The molecule has 1 aliphatic heterocycles. The van der Waals surface area contributed by atoms with Crippen LogP contribution in [0.25, 0.3) is 5.69 Å². The molecule has 0 spiro atoms. The normalized spacial score (nSPS) is 22.1. The van der Waals surface area contributed by atoms with Crippen molar-refractivity contribution in [1.82, 2.24) is 19.9 Å². The second kappa shape index (κ2) is 7.41. The monoisotopic (exact) mass is 423 g/mol. The number of piperidine rings is 1. The van der Waals surface area contributed by atoms with E-state index in [2.05, 4.69) is 20.2 Å². The molecule has 1 saturated heterocycles. The van der Waals surface area contributed by atoms with Crippen LogP contribution in [0, 0.1) is 5.92 Å². The lowest BCUT2D eigenvalue weighted by Crippen LogP contribution is -2.36. The molecule has 0 aromatic carbocycles. The van der Waals surface area contributed by atoms with E-state index in [-0.39, 0.29) is 17.7 Å². The van der Waals surface area contributed by atoms with E-state index in [9.17, 15) is 4.79 Å². The Morgan fingerprint density at radius 1 is 1.23 bits per heavy atom. The van der Waals surface area contributed by atoms with Gasteiger partial charge in [-0.15, -0.1) is 0 Å². The minimum absolute atomic E-state index is 0.178. The van der Waals surface area contributed by atoms with E-state index in [1.807, 2.05) is 19.2 Å². The van der Waals surface area contributed by atoms with E-state index < -0.39 is 0 Å². The van der Waals surface area contributed by atoms with E-state index in [1.165, 1.54) is 12.5 Å². The summed E-state index contributed by atoms with van der Waals surface area (Å²) >= 11 is 5.83. The topological polar surface area (TPSA) is 72.3 Å². The standard InChI is InChI=1S/C22H22ClN5O2/c1-24-22-9-15(22)12-27(14-22)20-5-4-18(11-26-20)28-7-6-19(8-21(28)29)30-13-17-3-2-16(23)10-25-17/h2-8,10-11,15,24H,9,12-14H2,1H3/t15-,22-/m1/s1. The van der Waals surface area contributed by atoms with Crippen LogP contribution < -0.4 is 20.5 Å². The van der Waals surface area contributed by atoms with Gasteiger partial charge < -0.3 is 15.0 Å². The van der Waals surface area contributed by atoms with Crippen molar-refractivity contribution in [2.75, 3.05) is 25.0 Å². The fraction of sp³-hybridized carbons (Fsp3) is 0.318. The van der Waals surface area contributed by atoms with Gasteiger partial charge in [0.25, 0.3) is 5.56 Å². The minimum Gasteiger partial charge on any atom is -0.487 e. The number of fused-ring (bicyclic) bond motifs is 1. The summed E-state index contributed by atoms with van der Waals surface area (Å²) in [6.45, 7) is 2.28. The fourth-order valence-electron chi connectivity index (χ4n) is 4.17.